The molecule has 34 heavy (non-hydrogen) atoms. The molecule has 1 N–H and O–H groups in total. The highest BCUT2D eigenvalue weighted by Gasteiger charge is 2.30. The van der Waals surface area contributed by atoms with Crippen LogP contribution in [0.3, 0.4) is 0 Å². The first kappa shape index (κ1) is 25.5. The molecule has 178 valence electrons. The second kappa shape index (κ2) is 12.4. The third-order valence-corrected chi connectivity index (χ3v) is 6.33. The molecule has 5 heteroatoms. The third-order valence-electron chi connectivity index (χ3n) is 5.97. The Morgan fingerprint density at radius 3 is 2.35 bits per heavy atom. The quantitative estimate of drug-likeness (QED) is 0.410. The van der Waals surface area contributed by atoms with E-state index in [0.717, 1.165) is 34.2 Å². The molecule has 0 radical (unpaired) electrons. The van der Waals surface area contributed by atoms with E-state index in [1.54, 1.807) is 4.90 Å². The van der Waals surface area contributed by atoms with Gasteiger partial charge in [0.15, 0.2) is 0 Å². The molecule has 2 amide bonds. The summed E-state index contributed by atoms with van der Waals surface area (Å²) >= 11 is 6.47. The standard InChI is InChI=1S/C29H33ClN2O2/c1-4-16-31-29(34)27(18-23-10-6-5-7-11-23)32(20-24-12-8-9-13-26(24)30)28(33)19-25-17-21(2)14-15-22(25)3/h5-15,17,27H,4,16,18-20H2,1-3H3,(H,31,34)/t27-/m1/s1. The van der Waals surface area contributed by atoms with Crippen LogP contribution in [0.15, 0.2) is 72.8 Å². The van der Waals surface area contributed by atoms with Gasteiger partial charge < -0.3 is 10.2 Å². The molecule has 0 aliphatic heterocycles. The Kier molecular flexibility index (Phi) is 9.29. The van der Waals surface area contributed by atoms with E-state index in [1.165, 1.54) is 0 Å². The minimum atomic E-state index is -0.650. The van der Waals surface area contributed by atoms with E-state index in [4.69, 9.17) is 11.6 Å². The molecule has 3 rings (SSSR count). The van der Waals surface area contributed by atoms with Crippen LogP contribution in [0.2, 0.25) is 5.02 Å². The maximum absolute atomic E-state index is 13.8. The zero-order chi connectivity index (χ0) is 24.5. The summed E-state index contributed by atoms with van der Waals surface area (Å²) in [5.74, 6) is -0.242. The number of hydrogen-bond acceptors (Lipinski definition) is 2. The molecule has 0 heterocycles. The molecule has 0 aliphatic rings. The largest absolute Gasteiger partial charge is 0.354 e. The van der Waals surface area contributed by atoms with Gasteiger partial charge in [-0.15, -0.1) is 0 Å². The minimum Gasteiger partial charge on any atom is -0.354 e. The number of nitrogens with zero attached hydrogens (tertiary/aromatic N) is 1. The van der Waals surface area contributed by atoms with Crippen molar-refractivity contribution in [1.29, 1.82) is 0 Å². The second-order valence-electron chi connectivity index (χ2n) is 8.72. The first-order valence-electron chi connectivity index (χ1n) is 11.8. The number of carbonyl (C=O) groups excluding carboxylic acids is 2. The Hall–Kier alpha value is -3.11. The summed E-state index contributed by atoms with van der Waals surface area (Å²) in [7, 11) is 0. The highest BCUT2D eigenvalue weighted by Crippen LogP contribution is 2.22. The Morgan fingerprint density at radius 1 is 0.941 bits per heavy atom. The van der Waals surface area contributed by atoms with Gasteiger partial charge in [-0.05, 0) is 48.6 Å². The summed E-state index contributed by atoms with van der Waals surface area (Å²) in [6, 6.07) is 22.8. The summed E-state index contributed by atoms with van der Waals surface area (Å²) in [6.07, 6.45) is 1.48. The van der Waals surface area contributed by atoms with Crippen LogP contribution >= 0.6 is 11.6 Å². The fourth-order valence-electron chi connectivity index (χ4n) is 3.99. The Balaban J connectivity index is 1.99. The van der Waals surface area contributed by atoms with Crippen LogP contribution in [-0.2, 0) is 29.0 Å². The molecule has 3 aromatic carbocycles. The zero-order valence-corrected chi connectivity index (χ0v) is 20.9. The number of carbonyl (C=O) groups is 2. The molecule has 0 aliphatic carbocycles. The van der Waals surface area contributed by atoms with Crippen LogP contribution in [0.25, 0.3) is 0 Å². The first-order chi connectivity index (χ1) is 16.4. The molecule has 4 nitrogen and oxygen atoms in total. The number of amides is 2. The van der Waals surface area contributed by atoms with Crippen LogP contribution in [0.4, 0.5) is 0 Å². The lowest BCUT2D eigenvalue weighted by Crippen LogP contribution is -2.51. The lowest BCUT2D eigenvalue weighted by atomic mass is 9.99. The van der Waals surface area contributed by atoms with Crippen molar-refractivity contribution in [3.8, 4) is 0 Å². The third kappa shape index (κ3) is 6.94. The lowest BCUT2D eigenvalue weighted by molar-refractivity contribution is -0.140. The molecular weight excluding hydrogens is 444 g/mol. The van der Waals surface area contributed by atoms with E-state index in [2.05, 4.69) is 5.32 Å². The number of benzene rings is 3. The van der Waals surface area contributed by atoms with Crippen molar-refractivity contribution in [2.24, 2.45) is 0 Å². The smallest absolute Gasteiger partial charge is 0.243 e. The molecule has 0 aromatic heterocycles. The summed E-state index contributed by atoms with van der Waals surface area (Å²) in [5, 5.41) is 3.59. The van der Waals surface area contributed by atoms with Crippen molar-refractivity contribution >= 4 is 23.4 Å². The fraction of sp³-hybridized carbons (Fsp3) is 0.310. The molecule has 0 saturated carbocycles. The van der Waals surface area contributed by atoms with Gasteiger partial charge in [0.25, 0.3) is 0 Å². The van der Waals surface area contributed by atoms with Gasteiger partial charge >= 0.3 is 0 Å². The van der Waals surface area contributed by atoms with Gasteiger partial charge in [-0.1, -0.05) is 90.8 Å². The van der Waals surface area contributed by atoms with Crippen LogP contribution in [0.5, 0.6) is 0 Å². The van der Waals surface area contributed by atoms with Crippen LogP contribution < -0.4 is 5.32 Å². The van der Waals surface area contributed by atoms with E-state index in [0.29, 0.717) is 18.0 Å². The normalized spacial score (nSPS) is 11.6. The van der Waals surface area contributed by atoms with Crippen LogP contribution in [0.1, 0.15) is 41.2 Å². The molecule has 3 aromatic rings. The molecule has 1 atom stereocenters. The van der Waals surface area contributed by atoms with Crippen molar-refractivity contribution in [3.05, 3.63) is 106 Å². The van der Waals surface area contributed by atoms with Gasteiger partial charge in [-0.2, -0.15) is 0 Å². The minimum absolute atomic E-state index is 0.0961. The van der Waals surface area contributed by atoms with Crippen molar-refractivity contribution in [3.63, 3.8) is 0 Å². The molecule has 0 spiro atoms. The van der Waals surface area contributed by atoms with Crippen molar-refractivity contribution in [2.75, 3.05) is 6.54 Å². The molecule has 0 bridgehead atoms. The van der Waals surface area contributed by atoms with Crippen molar-refractivity contribution in [2.45, 2.75) is 52.6 Å². The second-order valence-corrected chi connectivity index (χ2v) is 9.12. The number of hydrogen-bond donors (Lipinski definition) is 1. The van der Waals surface area contributed by atoms with E-state index in [9.17, 15) is 9.59 Å². The maximum atomic E-state index is 13.8. The Bertz CT molecular complexity index is 1110. The number of rotatable bonds is 10. The molecule has 0 fully saturated rings. The van der Waals surface area contributed by atoms with Gasteiger partial charge in [0, 0.05) is 24.5 Å². The molecule has 0 saturated heterocycles. The Labute approximate surface area is 207 Å². The highest BCUT2D eigenvalue weighted by molar-refractivity contribution is 6.31. The van der Waals surface area contributed by atoms with E-state index in [1.807, 2.05) is 93.6 Å². The molecule has 0 unspecified atom stereocenters. The van der Waals surface area contributed by atoms with Crippen LogP contribution in [-0.4, -0.2) is 29.3 Å². The SMILES string of the molecule is CCCNC(=O)[C@@H](Cc1ccccc1)N(Cc1ccccc1Cl)C(=O)Cc1cc(C)ccc1C. The van der Waals surface area contributed by atoms with Crippen molar-refractivity contribution in [1.82, 2.24) is 10.2 Å². The summed E-state index contributed by atoms with van der Waals surface area (Å²) in [6.45, 7) is 6.87. The number of nitrogens with one attached hydrogen (secondary N) is 1. The predicted molar refractivity (Wildman–Crippen MR) is 139 cm³/mol. The van der Waals surface area contributed by atoms with Gasteiger partial charge in [0.2, 0.25) is 11.8 Å². The fourth-order valence-corrected chi connectivity index (χ4v) is 4.18. The monoisotopic (exact) mass is 476 g/mol. The van der Waals surface area contributed by atoms with E-state index < -0.39 is 6.04 Å². The van der Waals surface area contributed by atoms with Gasteiger partial charge in [-0.25, -0.2) is 0 Å². The first-order valence-corrected chi connectivity index (χ1v) is 12.2. The van der Waals surface area contributed by atoms with E-state index >= 15 is 0 Å². The lowest BCUT2D eigenvalue weighted by Gasteiger charge is -2.32. The van der Waals surface area contributed by atoms with Gasteiger partial charge in [0.05, 0.1) is 6.42 Å². The molecular formula is C29H33ClN2O2. The maximum Gasteiger partial charge on any atom is 0.243 e. The van der Waals surface area contributed by atoms with Crippen LogP contribution in [0, 0.1) is 13.8 Å². The highest BCUT2D eigenvalue weighted by atomic mass is 35.5. The Morgan fingerprint density at radius 2 is 1.65 bits per heavy atom. The number of aryl methyl sites for hydroxylation is 2. The van der Waals surface area contributed by atoms with E-state index in [-0.39, 0.29) is 24.8 Å². The average Bonchev–Trinajstić information content (AvgIpc) is 2.83. The van der Waals surface area contributed by atoms with Gasteiger partial charge in [0.1, 0.15) is 6.04 Å². The number of halogens is 1. The van der Waals surface area contributed by atoms with Gasteiger partial charge in [-0.3, -0.25) is 9.59 Å². The summed E-state index contributed by atoms with van der Waals surface area (Å²) < 4.78 is 0. The average molecular weight is 477 g/mol. The summed E-state index contributed by atoms with van der Waals surface area (Å²) in [4.78, 5) is 28.9. The topological polar surface area (TPSA) is 49.4 Å². The predicted octanol–water partition coefficient (Wildman–Crippen LogP) is 5.67. The summed E-state index contributed by atoms with van der Waals surface area (Å²) in [5.41, 5.74) is 4.96. The van der Waals surface area contributed by atoms with Crippen molar-refractivity contribution < 1.29 is 9.59 Å². The zero-order valence-electron chi connectivity index (χ0n) is 20.2.